The van der Waals surface area contributed by atoms with Crippen molar-refractivity contribution in [3.63, 3.8) is 0 Å². The second-order valence-electron chi connectivity index (χ2n) is 18.2. The quantitative estimate of drug-likeness (QED) is 0.0322. The fraction of sp³-hybridized carbons (Fsp3) is 0.925. The van der Waals surface area contributed by atoms with Gasteiger partial charge in [-0.05, 0) is 32.1 Å². The third-order valence-electron chi connectivity index (χ3n) is 12.3. The second kappa shape index (κ2) is 49.3. The Bertz CT molecular complexity index is 878. The van der Waals surface area contributed by atoms with E-state index in [0.717, 1.165) is 57.8 Å². The maximum absolute atomic E-state index is 12.4. The molecule has 0 spiro atoms. The number of rotatable bonds is 49. The summed E-state index contributed by atoms with van der Waals surface area (Å²) in [4.78, 5) is 24.5. The van der Waals surface area contributed by atoms with Gasteiger partial charge in [-0.25, -0.2) is 0 Å². The Morgan fingerprint density at radius 2 is 0.780 bits per heavy atom. The summed E-state index contributed by atoms with van der Waals surface area (Å²) in [5.41, 5.74) is 0. The van der Waals surface area contributed by atoms with Crippen LogP contribution >= 0.6 is 0 Å². The summed E-state index contributed by atoms with van der Waals surface area (Å²) in [6.07, 6.45) is 56.4. The van der Waals surface area contributed by atoms with Crippen LogP contribution in [0.4, 0.5) is 0 Å². The zero-order valence-electron chi connectivity index (χ0n) is 39.7. The molecule has 350 valence electrons. The van der Waals surface area contributed by atoms with Gasteiger partial charge < -0.3 is 20.3 Å². The van der Waals surface area contributed by atoms with Crippen molar-refractivity contribution in [2.75, 3.05) is 13.2 Å². The Morgan fingerprint density at radius 3 is 1.15 bits per heavy atom. The fourth-order valence-electron chi connectivity index (χ4n) is 8.22. The average molecular weight is 834 g/mol. The normalized spacial score (nSPS) is 12.7. The first-order valence-corrected chi connectivity index (χ1v) is 26.5. The molecular weight excluding hydrogens is 731 g/mol. The van der Waals surface area contributed by atoms with Crippen LogP contribution in [0, 0.1) is 0 Å². The molecule has 0 aliphatic carbocycles. The van der Waals surface area contributed by atoms with Crippen molar-refractivity contribution < 1.29 is 24.5 Å². The Balaban J connectivity index is 3.49. The zero-order valence-corrected chi connectivity index (χ0v) is 39.7. The summed E-state index contributed by atoms with van der Waals surface area (Å²) in [6, 6.07) is -0.638. The highest BCUT2D eigenvalue weighted by Crippen LogP contribution is 2.16. The SMILES string of the molecule is CCCCCCCCCCCCCCCCC/C=C/C(O)C(CO)NC(=O)CCCCCCCCCCCCCCOC(=O)CCCCCCCCCCCCCCC. The van der Waals surface area contributed by atoms with E-state index in [2.05, 4.69) is 19.2 Å². The summed E-state index contributed by atoms with van der Waals surface area (Å²) >= 11 is 0. The average Bonchev–Trinajstić information content (AvgIpc) is 3.24. The van der Waals surface area contributed by atoms with Crippen LogP contribution in [0.2, 0.25) is 0 Å². The van der Waals surface area contributed by atoms with Gasteiger partial charge in [0.15, 0.2) is 0 Å². The van der Waals surface area contributed by atoms with Crippen molar-refractivity contribution in [3.05, 3.63) is 12.2 Å². The lowest BCUT2D eigenvalue weighted by molar-refractivity contribution is -0.143. The highest BCUT2D eigenvalue weighted by Gasteiger charge is 2.18. The molecule has 0 bridgehead atoms. The highest BCUT2D eigenvalue weighted by molar-refractivity contribution is 5.76. The van der Waals surface area contributed by atoms with Crippen LogP contribution in [0.25, 0.3) is 0 Å². The van der Waals surface area contributed by atoms with Gasteiger partial charge in [0.1, 0.15) is 0 Å². The Morgan fingerprint density at radius 1 is 0.458 bits per heavy atom. The predicted molar refractivity (Wildman–Crippen MR) is 255 cm³/mol. The molecule has 0 saturated carbocycles. The van der Waals surface area contributed by atoms with Gasteiger partial charge in [-0.15, -0.1) is 0 Å². The monoisotopic (exact) mass is 834 g/mol. The van der Waals surface area contributed by atoms with Crippen LogP contribution in [0.3, 0.4) is 0 Å². The zero-order chi connectivity index (χ0) is 43.0. The third-order valence-corrected chi connectivity index (χ3v) is 12.3. The smallest absolute Gasteiger partial charge is 0.305 e. The van der Waals surface area contributed by atoms with E-state index in [1.165, 1.54) is 205 Å². The molecule has 0 aromatic rings. The van der Waals surface area contributed by atoms with Crippen molar-refractivity contribution in [1.82, 2.24) is 5.32 Å². The van der Waals surface area contributed by atoms with Crippen molar-refractivity contribution in [2.24, 2.45) is 0 Å². The molecule has 2 atom stereocenters. The van der Waals surface area contributed by atoms with E-state index in [9.17, 15) is 19.8 Å². The number of aliphatic hydroxyl groups is 2. The number of hydrogen-bond donors (Lipinski definition) is 3. The molecule has 0 aromatic heterocycles. The molecule has 6 heteroatoms. The number of allylic oxidation sites excluding steroid dienone is 1. The van der Waals surface area contributed by atoms with Crippen LogP contribution in [-0.4, -0.2) is 47.4 Å². The number of nitrogens with one attached hydrogen (secondary N) is 1. The van der Waals surface area contributed by atoms with Crippen molar-refractivity contribution in [1.29, 1.82) is 0 Å². The molecule has 1 amide bonds. The van der Waals surface area contributed by atoms with Crippen LogP contribution in [0.1, 0.15) is 290 Å². The Labute approximate surface area is 368 Å². The molecule has 0 aliphatic heterocycles. The first-order valence-electron chi connectivity index (χ1n) is 26.5. The lowest BCUT2D eigenvalue weighted by Crippen LogP contribution is -2.45. The maximum atomic E-state index is 12.4. The maximum Gasteiger partial charge on any atom is 0.305 e. The number of carbonyl (C=O) groups excluding carboxylic acids is 2. The van der Waals surface area contributed by atoms with Crippen molar-refractivity contribution in [3.8, 4) is 0 Å². The molecule has 0 rings (SSSR count). The van der Waals surface area contributed by atoms with E-state index in [0.29, 0.717) is 19.4 Å². The Hall–Kier alpha value is -1.40. The van der Waals surface area contributed by atoms with Gasteiger partial charge in [-0.2, -0.15) is 0 Å². The minimum atomic E-state index is -0.853. The molecule has 59 heavy (non-hydrogen) atoms. The number of aliphatic hydroxyl groups excluding tert-OH is 2. The van der Waals surface area contributed by atoms with Gasteiger partial charge >= 0.3 is 5.97 Å². The Kier molecular flexibility index (Phi) is 48.1. The van der Waals surface area contributed by atoms with Crippen LogP contribution in [-0.2, 0) is 14.3 Å². The van der Waals surface area contributed by atoms with Crippen LogP contribution in [0.5, 0.6) is 0 Å². The minimum absolute atomic E-state index is 0.00894. The standard InChI is InChI=1S/C53H103NO5/c1-3-5-7-9-11-13-15-17-18-19-20-22-25-29-33-37-41-45-51(56)50(49-55)54-52(57)46-42-38-34-30-26-23-24-28-32-36-40-44-48-59-53(58)47-43-39-35-31-27-21-16-14-12-10-8-6-4-2/h41,45,50-51,55-56H,3-40,42-44,46-49H2,1-2H3,(H,54,57)/b45-41+. The van der Waals surface area contributed by atoms with Gasteiger partial charge in [-0.3, -0.25) is 9.59 Å². The lowest BCUT2D eigenvalue weighted by atomic mass is 10.0. The first-order chi connectivity index (χ1) is 29.0. The number of ether oxygens (including phenoxy) is 1. The van der Waals surface area contributed by atoms with Crippen LogP contribution in [0.15, 0.2) is 12.2 Å². The van der Waals surface area contributed by atoms with Gasteiger partial charge in [0, 0.05) is 12.8 Å². The summed E-state index contributed by atoms with van der Waals surface area (Å²) in [5.74, 6) is -0.0903. The fourth-order valence-corrected chi connectivity index (χ4v) is 8.22. The molecule has 0 fully saturated rings. The second-order valence-corrected chi connectivity index (χ2v) is 18.2. The largest absolute Gasteiger partial charge is 0.466 e. The number of amides is 1. The minimum Gasteiger partial charge on any atom is -0.466 e. The van der Waals surface area contributed by atoms with E-state index in [1.807, 2.05) is 6.08 Å². The van der Waals surface area contributed by atoms with E-state index in [-0.39, 0.29) is 18.5 Å². The highest BCUT2D eigenvalue weighted by atomic mass is 16.5. The third kappa shape index (κ3) is 45.9. The van der Waals surface area contributed by atoms with Crippen molar-refractivity contribution >= 4 is 11.9 Å². The van der Waals surface area contributed by atoms with Gasteiger partial charge in [0.25, 0.3) is 0 Å². The van der Waals surface area contributed by atoms with E-state index in [1.54, 1.807) is 6.08 Å². The molecule has 0 aliphatic rings. The number of esters is 1. The molecule has 6 nitrogen and oxygen atoms in total. The lowest BCUT2D eigenvalue weighted by Gasteiger charge is -2.20. The summed E-state index contributed by atoms with van der Waals surface area (Å²) in [7, 11) is 0. The number of unbranched alkanes of at least 4 members (excludes halogenated alkanes) is 38. The van der Waals surface area contributed by atoms with Crippen LogP contribution < -0.4 is 5.32 Å². The predicted octanol–water partition coefficient (Wildman–Crippen LogP) is 15.7. The molecule has 3 N–H and O–H groups in total. The number of hydrogen-bond acceptors (Lipinski definition) is 5. The molecule has 0 aromatic carbocycles. The molecule has 0 radical (unpaired) electrons. The van der Waals surface area contributed by atoms with Gasteiger partial charge in [0.05, 0.1) is 25.4 Å². The van der Waals surface area contributed by atoms with Gasteiger partial charge in [0.2, 0.25) is 5.91 Å². The van der Waals surface area contributed by atoms with E-state index < -0.39 is 12.1 Å². The van der Waals surface area contributed by atoms with Gasteiger partial charge in [-0.1, -0.05) is 257 Å². The van der Waals surface area contributed by atoms with E-state index >= 15 is 0 Å². The number of carbonyl (C=O) groups is 2. The molecule has 0 saturated heterocycles. The first kappa shape index (κ1) is 57.6. The molecular formula is C53H103NO5. The topological polar surface area (TPSA) is 95.9 Å². The van der Waals surface area contributed by atoms with E-state index in [4.69, 9.17) is 4.74 Å². The summed E-state index contributed by atoms with van der Waals surface area (Å²) in [6.45, 7) is 4.88. The molecule has 2 unspecified atom stereocenters. The van der Waals surface area contributed by atoms with Crippen molar-refractivity contribution in [2.45, 2.75) is 302 Å². The summed E-state index contributed by atoms with van der Waals surface area (Å²) in [5, 5.41) is 23.1. The molecule has 0 heterocycles. The summed E-state index contributed by atoms with van der Waals surface area (Å²) < 4.78 is 5.46.